The highest BCUT2D eigenvalue weighted by Gasteiger charge is 2.15. The maximum Gasteiger partial charge on any atom is 0.186 e. The van der Waals surface area contributed by atoms with Crippen LogP contribution in [0.2, 0.25) is 0 Å². The van der Waals surface area contributed by atoms with Gasteiger partial charge in [-0.3, -0.25) is 0 Å². The Morgan fingerprint density at radius 2 is 1.82 bits per heavy atom. The number of nitriles is 1. The van der Waals surface area contributed by atoms with Crippen molar-refractivity contribution < 1.29 is 0 Å². The summed E-state index contributed by atoms with van der Waals surface area (Å²) in [5.41, 5.74) is 3.59. The first-order valence-corrected chi connectivity index (χ1v) is 8.03. The van der Waals surface area contributed by atoms with Crippen molar-refractivity contribution in [2.45, 2.75) is 39.0 Å². The third kappa shape index (κ3) is 2.82. The lowest BCUT2D eigenvalue weighted by Gasteiger charge is -2.17. The first kappa shape index (κ1) is 14.6. The smallest absolute Gasteiger partial charge is 0.186 e. The van der Waals surface area contributed by atoms with Crippen molar-refractivity contribution in [3.63, 3.8) is 0 Å². The van der Waals surface area contributed by atoms with E-state index in [0.717, 1.165) is 43.7 Å². The predicted molar refractivity (Wildman–Crippen MR) is 86.1 cm³/mol. The van der Waals surface area contributed by atoms with E-state index in [0.29, 0.717) is 5.69 Å². The Bertz CT molecular complexity index is 659. The first-order valence-electron chi connectivity index (χ1n) is 8.03. The number of hydrogen-bond donors (Lipinski definition) is 0. The topological polar surface area (TPSA) is 57.7 Å². The van der Waals surface area contributed by atoms with Crippen molar-refractivity contribution in [2.75, 3.05) is 18.0 Å². The number of benzene rings is 1. The fourth-order valence-electron chi connectivity index (χ4n) is 2.94. The maximum atomic E-state index is 9.19. The zero-order valence-corrected chi connectivity index (χ0v) is 13.0. The highest BCUT2D eigenvalue weighted by molar-refractivity contribution is 5.52. The van der Waals surface area contributed by atoms with E-state index >= 15 is 0 Å². The van der Waals surface area contributed by atoms with Crippen molar-refractivity contribution in [1.82, 2.24) is 15.0 Å². The van der Waals surface area contributed by atoms with E-state index in [1.165, 1.54) is 18.5 Å². The summed E-state index contributed by atoms with van der Waals surface area (Å²) in [6, 6.07) is 10.6. The Hall–Kier alpha value is -2.35. The molecule has 114 valence electrons. The summed E-state index contributed by atoms with van der Waals surface area (Å²) in [6.45, 7) is 4.43. The molecule has 1 saturated heterocycles. The normalized spacial score (nSPS) is 14.3. The zero-order valence-electron chi connectivity index (χ0n) is 13.0. The van der Waals surface area contributed by atoms with Crippen LogP contribution in [-0.4, -0.2) is 28.1 Å². The van der Waals surface area contributed by atoms with Crippen LogP contribution in [0.1, 0.15) is 44.0 Å². The van der Waals surface area contributed by atoms with Gasteiger partial charge in [0.15, 0.2) is 5.69 Å². The molecule has 2 aromatic rings. The molecule has 5 heteroatoms. The summed E-state index contributed by atoms with van der Waals surface area (Å²) in [7, 11) is 0. The molecular formula is C17H21N5. The van der Waals surface area contributed by atoms with E-state index in [9.17, 15) is 5.26 Å². The van der Waals surface area contributed by atoms with Gasteiger partial charge in [-0.25, -0.2) is 4.68 Å². The Labute approximate surface area is 131 Å². The number of unbranched alkanes of at least 4 members (excludes halogenated alkanes) is 1. The third-order valence-electron chi connectivity index (χ3n) is 4.20. The second-order valence-corrected chi connectivity index (χ2v) is 5.72. The van der Waals surface area contributed by atoms with E-state index in [-0.39, 0.29) is 0 Å². The highest BCUT2D eigenvalue weighted by Crippen LogP contribution is 2.22. The monoisotopic (exact) mass is 295 g/mol. The van der Waals surface area contributed by atoms with Crippen LogP contribution >= 0.6 is 0 Å². The van der Waals surface area contributed by atoms with Gasteiger partial charge < -0.3 is 4.90 Å². The van der Waals surface area contributed by atoms with E-state index in [4.69, 9.17) is 0 Å². The van der Waals surface area contributed by atoms with Crippen LogP contribution in [0.5, 0.6) is 0 Å². The molecule has 0 atom stereocenters. The highest BCUT2D eigenvalue weighted by atomic mass is 15.4. The molecule has 3 rings (SSSR count). The van der Waals surface area contributed by atoms with Crippen LogP contribution in [0, 0.1) is 11.3 Å². The number of aromatic nitrogens is 3. The van der Waals surface area contributed by atoms with Crippen molar-refractivity contribution in [3.05, 3.63) is 35.7 Å². The molecule has 1 aromatic carbocycles. The van der Waals surface area contributed by atoms with Gasteiger partial charge in [0.25, 0.3) is 0 Å². The standard InChI is InChI=1S/C17H21N5/c1-2-3-6-17-16(13-18)19-20-22(17)15-9-7-14(8-10-15)21-11-4-5-12-21/h7-10H,2-6,11-12H2,1H3. The zero-order chi connectivity index (χ0) is 15.4. The summed E-state index contributed by atoms with van der Waals surface area (Å²) in [5.74, 6) is 0. The van der Waals surface area contributed by atoms with Crippen LogP contribution in [0.3, 0.4) is 0 Å². The third-order valence-corrected chi connectivity index (χ3v) is 4.20. The molecule has 2 heterocycles. The second kappa shape index (κ2) is 6.61. The SMILES string of the molecule is CCCCc1c(C#N)nnn1-c1ccc(N2CCCC2)cc1. The van der Waals surface area contributed by atoms with Crippen LogP contribution in [-0.2, 0) is 6.42 Å². The molecule has 1 aliphatic heterocycles. The van der Waals surface area contributed by atoms with Gasteiger partial charge in [0.2, 0.25) is 0 Å². The van der Waals surface area contributed by atoms with Crippen molar-refractivity contribution in [2.24, 2.45) is 0 Å². The molecule has 0 radical (unpaired) electrons. The lowest BCUT2D eigenvalue weighted by molar-refractivity contribution is 0.715. The van der Waals surface area contributed by atoms with Gasteiger partial charge in [-0.1, -0.05) is 18.6 Å². The van der Waals surface area contributed by atoms with Gasteiger partial charge in [0.05, 0.1) is 11.4 Å². The van der Waals surface area contributed by atoms with Crippen molar-refractivity contribution >= 4 is 5.69 Å². The minimum absolute atomic E-state index is 0.442. The number of hydrogen-bond acceptors (Lipinski definition) is 4. The molecule has 1 aliphatic rings. The van der Waals surface area contributed by atoms with Gasteiger partial charge in [0, 0.05) is 18.8 Å². The molecule has 0 amide bonds. The lowest BCUT2D eigenvalue weighted by Crippen LogP contribution is -2.17. The second-order valence-electron chi connectivity index (χ2n) is 5.72. The Balaban J connectivity index is 1.87. The fraction of sp³-hybridized carbons (Fsp3) is 0.471. The molecule has 0 aliphatic carbocycles. The van der Waals surface area contributed by atoms with Gasteiger partial charge in [-0.2, -0.15) is 5.26 Å². The molecule has 1 aromatic heterocycles. The van der Waals surface area contributed by atoms with Gasteiger partial charge in [-0.15, -0.1) is 5.10 Å². The predicted octanol–water partition coefficient (Wildman–Crippen LogP) is 3.08. The van der Waals surface area contributed by atoms with E-state index in [1.54, 1.807) is 0 Å². The Morgan fingerprint density at radius 3 is 2.45 bits per heavy atom. The van der Waals surface area contributed by atoms with Gasteiger partial charge in [0.1, 0.15) is 6.07 Å². The van der Waals surface area contributed by atoms with Crippen LogP contribution in [0.25, 0.3) is 5.69 Å². The minimum Gasteiger partial charge on any atom is -0.372 e. The van der Waals surface area contributed by atoms with Gasteiger partial charge >= 0.3 is 0 Å². The van der Waals surface area contributed by atoms with Crippen molar-refractivity contribution in [1.29, 1.82) is 5.26 Å². The molecule has 22 heavy (non-hydrogen) atoms. The number of rotatable bonds is 5. The molecule has 0 saturated carbocycles. The fourth-order valence-corrected chi connectivity index (χ4v) is 2.94. The quantitative estimate of drug-likeness (QED) is 0.850. The molecular weight excluding hydrogens is 274 g/mol. The average Bonchev–Trinajstić information content (AvgIpc) is 3.22. The minimum atomic E-state index is 0.442. The van der Waals surface area contributed by atoms with Crippen LogP contribution < -0.4 is 4.90 Å². The molecule has 1 fully saturated rings. The molecule has 0 bridgehead atoms. The van der Waals surface area contributed by atoms with Crippen LogP contribution in [0.4, 0.5) is 5.69 Å². The summed E-state index contributed by atoms with van der Waals surface area (Å²) in [6.07, 6.45) is 5.51. The van der Waals surface area contributed by atoms with Crippen molar-refractivity contribution in [3.8, 4) is 11.8 Å². The summed E-state index contributed by atoms with van der Waals surface area (Å²) in [5, 5.41) is 17.4. The molecule has 0 unspecified atom stereocenters. The molecule has 5 nitrogen and oxygen atoms in total. The number of nitrogens with zero attached hydrogens (tertiary/aromatic N) is 5. The molecule has 0 N–H and O–H groups in total. The number of anilines is 1. The van der Waals surface area contributed by atoms with E-state index in [1.807, 2.05) is 4.68 Å². The summed E-state index contributed by atoms with van der Waals surface area (Å²) in [4.78, 5) is 2.41. The maximum absolute atomic E-state index is 9.19. The Morgan fingerprint density at radius 1 is 1.14 bits per heavy atom. The average molecular weight is 295 g/mol. The molecule has 0 spiro atoms. The van der Waals surface area contributed by atoms with E-state index in [2.05, 4.69) is 52.5 Å². The summed E-state index contributed by atoms with van der Waals surface area (Å²) < 4.78 is 1.81. The first-order chi connectivity index (χ1) is 10.8. The van der Waals surface area contributed by atoms with Gasteiger partial charge in [-0.05, 0) is 49.9 Å². The largest absolute Gasteiger partial charge is 0.372 e. The van der Waals surface area contributed by atoms with E-state index < -0.39 is 0 Å². The van der Waals surface area contributed by atoms with Crippen LogP contribution in [0.15, 0.2) is 24.3 Å². The lowest BCUT2D eigenvalue weighted by atomic mass is 10.1. The Kier molecular flexibility index (Phi) is 4.38. The summed E-state index contributed by atoms with van der Waals surface area (Å²) >= 11 is 0.